The van der Waals surface area contributed by atoms with E-state index in [-0.39, 0.29) is 67.1 Å². The summed E-state index contributed by atoms with van der Waals surface area (Å²) in [5, 5.41) is 12.0. The Morgan fingerprint density at radius 1 is 0.854 bits per heavy atom. The summed E-state index contributed by atoms with van der Waals surface area (Å²) in [5.74, 6) is -0.183. The smallest absolute Gasteiger partial charge is 0.358 e. The van der Waals surface area contributed by atoms with Crippen LogP contribution in [0.15, 0.2) is 11.6 Å². The van der Waals surface area contributed by atoms with Crippen molar-refractivity contribution in [2.45, 2.75) is 103 Å². The molecule has 4 aliphatic carbocycles. The third-order valence-electron chi connectivity index (χ3n) is 10.8. The molecule has 0 spiro atoms. The summed E-state index contributed by atoms with van der Waals surface area (Å²) in [4.78, 5) is 65.9. The van der Waals surface area contributed by atoms with Crippen molar-refractivity contribution in [1.82, 2.24) is 10.1 Å². The molecule has 226 valence electrons. The number of aliphatic hydroxyl groups excluding tert-OH is 1. The molecule has 2 aliphatic heterocycles. The molecule has 4 amide bonds. The van der Waals surface area contributed by atoms with E-state index in [1.54, 1.807) is 0 Å². The molecule has 0 aromatic carbocycles. The number of hydroxylamine groups is 4. The molecule has 5 fully saturated rings. The number of imide groups is 2. The Kier molecular flexibility index (Phi) is 8.42. The minimum Gasteiger partial charge on any atom is -0.393 e. The Morgan fingerprint density at radius 3 is 2.10 bits per heavy atom. The number of nitrogens with zero attached hydrogens (tertiary/aromatic N) is 2. The molecule has 11 nitrogen and oxygen atoms in total. The standard InChI is InChI=1S/C25H35NO6.C5H7NO3/c1-24-11-9-16(31-14-23(30)32-26-21(28)7-8-22(26)29)13-15(24)3-4-17-18-5-6-20(27)25(18,2)12-10-19(17)24;1-9-6-4(7)2-3-5(6)8/h13,16-20,27H,3-12,14H2,1-2H3;2-3H2,1H3/t16-,17?,18?,19?,20?,24?,25?;/m1./s1. The fourth-order valence-corrected chi connectivity index (χ4v) is 8.52. The molecule has 6 aliphatic rings. The quantitative estimate of drug-likeness (QED) is 0.388. The van der Waals surface area contributed by atoms with Crippen LogP contribution >= 0.6 is 0 Å². The largest absolute Gasteiger partial charge is 0.393 e. The van der Waals surface area contributed by atoms with E-state index in [0.29, 0.717) is 22.8 Å². The van der Waals surface area contributed by atoms with Crippen molar-refractivity contribution >= 4 is 29.6 Å². The highest BCUT2D eigenvalue weighted by Gasteiger charge is 2.58. The fraction of sp³-hybridized carbons (Fsp3) is 0.767. The number of hydrogen-bond acceptors (Lipinski definition) is 9. The lowest BCUT2D eigenvalue weighted by molar-refractivity contribution is -0.201. The first-order chi connectivity index (χ1) is 19.5. The Labute approximate surface area is 240 Å². The van der Waals surface area contributed by atoms with Gasteiger partial charge in [0.25, 0.3) is 23.6 Å². The summed E-state index contributed by atoms with van der Waals surface area (Å²) in [7, 11) is 1.31. The van der Waals surface area contributed by atoms with E-state index in [1.807, 2.05) is 0 Å². The maximum atomic E-state index is 12.1. The number of carbonyl (C=O) groups is 5. The van der Waals surface area contributed by atoms with Crippen LogP contribution in [0, 0.1) is 28.6 Å². The van der Waals surface area contributed by atoms with Gasteiger partial charge in [0.1, 0.15) is 6.61 Å². The molecule has 0 aromatic rings. The lowest BCUT2D eigenvalue weighted by atomic mass is 9.47. The zero-order valence-corrected chi connectivity index (χ0v) is 24.3. The molecule has 6 rings (SSSR count). The van der Waals surface area contributed by atoms with Crippen LogP contribution in [0.5, 0.6) is 0 Å². The molecule has 1 N–H and O–H groups in total. The van der Waals surface area contributed by atoms with Crippen LogP contribution in [0.25, 0.3) is 0 Å². The number of hydrogen-bond donors (Lipinski definition) is 1. The lowest BCUT2D eigenvalue weighted by Crippen LogP contribution is -2.51. The highest BCUT2D eigenvalue weighted by Crippen LogP contribution is 2.65. The van der Waals surface area contributed by atoms with E-state index in [1.165, 1.54) is 25.5 Å². The minimum atomic E-state index is -0.713. The number of rotatable bonds is 5. The minimum absolute atomic E-state index is 0.0847. The van der Waals surface area contributed by atoms with Crippen LogP contribution in [0.3, 0.4) is 0 Å². The highest BCUT2D eigenvalue weighted by molar-refractivity contribution is 6.01. The molecule has 6 unspecified atom stereocenters. The second kappa shape index (κ2) is 11.6. The zero-order chi connectivity index (χ0) is 29.5. The molecule has 2 heterocycles. The van der Waals surface area contributed by atoms with Crippen LogP contribution in [0.1, 0.15) is 90.9 Å². The Morgan fingerprint density at radius 2 is 1.49 bits per heavy atom. The summed E-state index contributed by atoms with van der Waals surface area (Å²) in [5.41, 5.74) is 1.72. The van der Waals surface area contributed by atoms with Crippen molar-refractivity contribution in [1.29, 1.82) is 0 Å². The zero-order valence-electron chi connectivity index (χ0n) is 24.3. The number of amides is 4. The van der Waals surface area contributed by atoms with Gasteiger partial charge < -0.3 is 14.7 Å². The summed E-state index contributed by atoms with van der Waals surface area (Å²) in [6.07, 6.45) is 11.2. The molecule has 3 saturated carbocycles. The van der Waals surface area contributed by atoms with Crippen LogP contribution in [-0.2, 0) is 38.4 Å². The van der Waals surface area contributed by atoms with Crippen molar-refractivity contribution in [3.8, 4) is 0 Å². The number of allylic oxidation sites excluding steroid dienone is 1. The number of ether oxygens (including phenoxy) is 1. The highest BCUT2D eigenvalue weighted by atomic mass is 16.7. The van der Waals surface area contributed by atoms with Gasteiger partial charge in [0.2, 0.25) is 0 Å². The van der Waals surface area contributed by atoms with Gasteiger partial charge in [0.15, 0.2) is 0 Å². The molecule has 0 bridgehead atoms. The maximum absolute atomic E-state index is 12.1. The molecule has 0 aromatic heterocycles. The Balaban J connectivity index is 0.000000321. The predicted octanol–water partition coefficient (Wildman–Crippen LogP) is 3.00. The van der Waals surface area contributed by atoms with E-state index in [4.69, 9.17) is 9.57 Å². The van der Waals surface area contributed by atoms with Crippen molar-refractivity contribution in [3.63, 3.8) is 0 Å². The average molecular weight is 575 g/mol. The molecular formula is C30H42N2O9. The van der Waals surface area contributed by atoms with Crippen LogP contribution in [0.2, 0.25) is 0 Å². The van der Waals surface area contributed by atoms with E-state index < -0.39 is 17.8 Å². The SMILES string of the molecule is CC12CC[C@@H](OCC(=O)ON3C(=O)CCC3=O)C=C1CCC1C2CCC2(C)C(O)CCC12.CON1C(=O)CCC1=O. The van der Waals surface area contributed by atoms with Crippen molar-refractivity contribution in [2.24, 2.45) is 28.6 Å². The molecule has 7 atom stereocenters. The normalized spacial score (nSPS) is 38.1. The topological polar surface area (TPSA) is 140 Å². The maximum Gasteiger partial charge on any atom is 0.358 e. The monoisotopic (exact) mass is 574 g/mol. The molecular weight excluding hydrogens is 532 g/mol. The first-order valence-corrected chi connectivity index (χ1v) is 14.9. The van der Waals surface area contributed by atoms with Gasteiger partial charge in [0.05, 0.1) is 19.3 Å². The van der Waals surface area contributed by atoms with Gasteiger partial charge in [-0.15, -0.1) is 5.06 Å². The summed E-state index contributed by atoms with van der Waals surface area (Å²) < 4.78 is 5.82. The predicted molar refractivity (Wildman–Crippen MR) is 143 cm³/mol. The summed E-state index contributed by atoms with van der Waals surface area (Å²) in [6, 6.07) is 0. The molecule has 41 heavy (non-hydrogen) atoms. The van der Waals surface area contributed by atoms with Crippen molar-refractivity contribution in [2.75, 3.05) is 13.7 Å². The van der Waals surface area contributed by atoms with Gasteiger partial charge in [0, 0.05) is 25.7 Å². The van der Waals surface area contributed by atoms with E-state index >= 15 is 0 Å². The van der Waals surface area contributed by atoms with Gasteiger partial charge in [-0.2, -0.15) is 5.06 Å². The van der Waals surface area contributed by atoms with Crippen molar-refractivity contribution in [3.05, 3.63) is 11.6 Å². The van der Waals surface area contributed by atoms with E-state index in [2.05, 4.69) is 24.8 Å². The summed E-state index contributed by atoms with van der Waals surface area (Å²) >= 11 is 0. The van der Waals surface area contributed by atoms with Crippen LogP contribution in [-0.4, -0.2) is 70.8 Å². The van der Waals surface area contributed by atoms with E-state index in [9.17, 15) is 29.1 Å². The van der Waals surface area contributed by atoms with Gasteiger partial charge in [-0.3, -0.25) is 24.0 Å². The molecule has 2 saturated heterocycles. The second-order valence-corrected chi connectivity index (χ2v) is 12.9. The number of aliphatic hydroxyl groups is 1. The van der Waals surface area contributed by atoms with Gasteiger partial charge >= 0.3 is 5.97 Å². The average Bonchev–Trinajstić information content (AvgIpc) is 3.56. The first kappa shape index (κ1) is 29.8. The van der Waals surface area contributed by atoms with Crippen LogP contribution < -0.4 is 0 Å². The third-order valence-corrected chi connectivity index (χ3v) is 10.8. The van der Waals surface area contributed by atoms with Gasteiger partial charge in [-0.05, 0) is 80.0 Å². The Bertz CT molecular complexity index is 1100. The Hall–Kier alpha value is -2.63. The van der Waals surface area contributed by atoms with Crippen molar-refractivity contribution < 1.29 is 43.5 Å². The first-order valence-electron chi connectivity index (χ1n) is 14.9. The number of fused-ring (bicyclic) bond motifs is 5. The van der Waals surface area contributed by atoms with E-state index in [0.717, 1.165) is 43.6 Å². The third kappa shape index (κ3) is 5.48. The van der Waals surface area contributed by atoms with Gasteiger partial charge in [-0.25, -0.2) is 4.79 Å². The fourth-order valence-electron chi connectivity index (χ4n) is 8.52. The molecule has 11 heteroatoms. The summed E-state index contributed by atoms with van der Waals surface area (Å²) in [6.45, 7) is 4.46. The second-order valence-electron chi connectivity index (χ2n) is 12.9. The molecule has 0 radical (unpaired) electrons. The van der Waals surface area contributed by atoms with Gasteiger partial charge in [-0.1, -0.05) is 25.5 Å². The lowest BCUT2D eigenvalue weighted by Gasteiger charge is -2.58. The number of carbonyl (C=O) groups excluding carboxylic acids is 5. The van der Waals surface area contributed by atoms with Crippen LogP contribution in [0.4, 0.5) is 0 Å².